The molecule has 0 fully saturated rings. The van der Waals surface area contributed by atoms with E-state index in [0.717, 1.165) is 5.56 Å². The van der Waals surface area contributed by atoms with Crippen molar-refractivity contribution in [2.75, 3.05) is 7.11 Å². The molecule has 0 bridgehead atoms. The first-order chi connectivity index (χ1) is 10.4. The zero-order valence-corrected chi connectivity index (χ0v) is 13.2. The predicted molar refractivity (Wildman–Crippen MR) is 85.2 cm³/mol. The normalized spacial score (nSPS) is 12.3. The van der Waals surface area contributed by atoms with Crippen LogP contribution in [0.15, 0.2) is 29.1 Å². The van der Waals surface area contributed by atoms with Crippen molar-refractivity contribution in [2.45, 2.75) is 32.9 Å². The van der Waals surface area contributed by atoms with Crippen molar-refractivity contribution >= 4 is 0 Å². The van der Waals surface area contributed by atoms with Crippen LogP contribution in [0.4, 0.5) is 0 Å². The zero-order valence-electron chi connectivity index (χ0n) is 13.2. The smallest absolute Gasteiger partial charge is 0.251 e. The Bertz CT molecular complexity index is 708. The number of nitrogens with one attached hydrogen (secondary N) is 1. The zero-order chi connectivity index (χ0) is 16.3. The van der Waals surface area contributed by atoms with E-state index in [1.807, 2.05) is 19.9 Å². The molecule has 3 N–H and O–H groups in total. The van der Waals surface area contributed by atoms with Gasteiger partial charge in [-0.05, 0) is 39.0 Å². The molecule has 1 aromatic carbocycles. The Morgan fingerprint density at radius 2 is 1.91 bits per heavy atom. The highest BCUT2D eigenvalue weighted by Gasteiger charge is 2.12. The van der Waals surface area contributed by atoms with Crippen molar-refractivity contribution in [3.05, 3.63) is 40.3 Å². The van der Waals surface area contributed by atoms with Gasteiger partial charge in [-0.1, -0.05) is 0 Å². The molecule has 0 saturated heterocycles. The van der Waals surface area contributed by atoms with Crippen LogP contribution in [0, 0.1) is 0 Å². The quantitative estimate of drug-likeness (QED) is 0.884. The van der Waals surface area contributed by atoms with E-state index in [1.165, 1.54) is 6.07 Å². The fourth-order valence-corrected chi connectivity index (χ4v) is 2.01. The van der Waals surface area contributed by atoms with Crippen molar-refractivity contribution in [2.24, 2.45) is 5.73 Å². The highest BCUT2D eigenvalue weighted by molar-refractivity contribution is 5.61. The topological polar surface area (TPSA) is 90.2 Å². The van der Waals surface area contributed by atoms with Crippen molar-refractivity contribution in [3.63, 3.8) is 0 Å². The van der Waals surface area contributed by atoms with Gasteiger partial charge in [0.05, 0.1) is 18.9 Å². The van der Waals surface area contributed by atoms with Crippen LogP contribution in [0.2, 0.25) is 0 Å². The van der Waals surface area contributed by atoms with Gasteiger partial charge in [0.15, 0.2) is 11.5 Å². The Labute approximate surface area is 129 Å². The van der Waals surface area contributed by atoms with Crippen LogP contribution < -0.4 is 20.8 Å². The Morgan fingerprint density at radius 1 is 1.18 bits per heavy atom. The van der Waals surface area contributed by atoms with Gasteiger partial charge in [0.1, 0.15) is 5.82 Å². The summed E-state index contributed by atoms with van der Waals surface area (Å²) in [6.45, 7) is 5.67. The standard InChI is InChI=1S/C16H21N3O3/c1-9(2)22-13-6-5-11(7-14(13)21-4)16-18-12(10(3)17)8-15(20)19-16/h5-10H,17H2,1-4H3,(H,18,19,20). The summed E-state index contributed by atoms with van der Waals surface area (Å²) < 4.78 is 11.0. The molecule has 6 nitrogen and oxygen atoms in total. The van der Waals surface area contributed by atoms with Crippen molar-refractivity contribution in [1.82, 2.24) is 9.97 Å². The number of nitrogens with two attached hydrogens (primary N) is 1. The fourth-order valence-electron chi connectivity index (χ4n) is 2.01. The minimum Gasteiger partial charge on any atom is -0.493 e. The molecule has 1 atom stereocenters. The average molecular weight is 303 g/mol. The van der Waals surface area contributed by atoms with Gasteiger partial charge in [-0.25, -0.2) is 4.98 Å². The minimum atomic E-state index is -0.313. The summed E-state index contributed by atoms with van der Waals surface area (Å²) in [4.78, 5) is 18.9. The number of methoxy groups -OCH3 is 1. The molecule has 0 aliphatic heterocycles. The molecule has 118 valence electrons. The van der Waals surface area contributed by atoms with E-state index in [9.17, 15) is 4.79 Å². The second kappa shape index (κ2) is 6.62. The van der Waals surface area contributed by atoms with Gasteiger partial charge in [-0.15, -0.1) is 0 Å². The van der Waals surface area contributed by atoms with E-state index in [1.54, 1.807) is 26.2 Å². The number of aromatic amines is 1. The number of hydrogen-bond acceptors (Lipinski definition) is 5. The van der Waals surface area contributed by atoms with Crippen LogP contribution in [0.3, 0.4) is 0 Å². The van der Waals surface area contributed by atoms with Crippen molar-refractivity contribution in [3.8, 4) is 22.9 Å². The summed E-state index contributed by atoms with van der Waals surface area (Å²) in [6, 6.07) is 6.49. The molecular formula is C16H21N3O3. The second-order valence-electron chi connectivity index (χ2n) is 5.34. The number of nitrogens with zero attached hydrogens (tertiary/aromatic N) is 1. The monoisotopic (exact) mass is 303 g/mol. The maximum Gasteiger partial charge on any atom is 0.251 e. The lowest BCUT2D eigenvalue weighted by atomic mass is 10.1. The van der Waals surface area contributed by atoms with E-state index in [4.69, 9.17) is 15.2 Å². The first kappa shape index (κ1) is 16.0. The third kappa shape index (κ3) is 3.65. The number of H-pyrrole nitrogens is 1. The lowest BCUT2D eigenvalue weighted by Crippen LogP contribution is -2.15. The van der Waals surface area contributed by atoms with Crippen LogP contribution in [-0.2, 0) is 0 Å². The van der Waals surface area contributed by atoms with Crippen molar-refractivity contribution in [1.29, 1.82) is 0 Å². The van der Waals surface area contributed by atoms with E-state index in [0.29, 0.717) is 23.0 Å². The van der Waals surface area contributed by atoms with Gasteiger partial charge in [-0.2, -0.15) is 0 Å². The first-order valence-corrected chi connectivity index (χ1v) is 7.12. The summed E-state index contributed by atoms with van der Waals surface area (Å²) in [5.41, 5.74) is 6.84. The third-order valence-electron chi connectivity index (χ3n) is 3.03. The highest BCUT2D eigenvalue weighted by Crippen LogP contribution is 2.32. The number of benzene rings is 1. The van der Waals surface area contributed by atoms with Gasteiger partial charge in [0, 0.05) is 17.7 Å². The van der Waals surface area contributed by atoms with E-state index in [-0.39, 0.29) is 17.7 Å². The number of ether oxygens (including phenoxy) is 2. The molecule has 1 unspecified atom stereocenters. The van der Waals surface area contributed by atoms with Crippen LogP contribution in [0.25, 0.3) is 11.4 Å². The third-order valence-corrected chi connectivity index (χ3v) is 3.03. The summed E-state index contributed by atoms with van der Waals surface area (Å²) in [5.74, 6) is 1.68. The molecular weight excluding hydrogens is 282 g/mol. The molecule has 0 aliphatic rings. The molecule has 1 heterocycles. The predicted octanol–water partition coefficient (Wildman–Crippen LogP) is 2.25. The van der Waals surface area contributed by atoms with Crippen LogP contribution in [0.1, 0.15) is 32.5 Å². The molecule has 0 radical (unpaired) electrons. The summed E-state index contributed by atoms with van der Waals surface area (Å²) in [7, 11) is 1.57. The van der Waals surface area contributed by atoms with Gasteiger partial charge in [0.2, 0.25) is 0 Å². The van der Waals surface area contributed by atoms with Gasteiger partial charge in [-0.3, -0.25) is 4.79 Å². The molecule has 0 aliphatic carbocycles. The maximum atomic E-state index is 11.7. The number of rotatable bonds is 5. The lowest BCUT2D eigenvalue weighted by Gasteiger charge is -2.14. The average Bonchev–Trinajstić information content (AvgIpc) is 2.46. The maximum absolute atomic E-state index is 11.7. The van der Waals surface area contributed by atoms with E-state index < -0.39 is 0 Å². The molecule has 2 rings (SSSR count). The summed E-state index contributed by atoms with van der Waals surface area (Å²) in [5, 5.41) is 0. The Kier molecular flexibility index (Phi) is 4.82. The summed E-state index contributed by atoms with van der Waals surface area (Å²) in [6.07, 6.45) is 0.0408. The second-order valence-corrected chi connectivity index (χ2v) is 5.34. The Balaban J connectivity index is 2.47. The number of hydrogen-bond donors (Lipinski definition) is 2. The largest absolute Gasteiger partial charge is 0.493 e. The molecule has 0 saturated carbocycles. The number of aromatic nitrogens is 2. The first-order valence-electron chi connectivity index (χ1n) is 7.12. The lowest BCUT2D eigenvalue weighted by molar-refractivity contribution is 0.230. The molecule has 6 heteroatoms. The molecule has 22 heavy (non-hydrogen) atoms. The van der Waals surface area contributed by atoms with Gasteiger partial charge in [0.25, 0.3) is 5.56 Å². The Morgan fingerprint density at radius 3 is 2.50 bits per heavy atom. The van der Waals surface area contributed by atoms with E-state index >= 15 is 0 Å². The SMILES string of the molecule is COc1cc(-c2nc(C(C)N)cc(=O)[nH]2)ccc1OC(C)C. The van der Waals surface area contributed by atoms with Gasteiger partial charge < -0.3 is 20.2 Å². The molecule has 0 spiro atoms. The van der Waals surface area contributed by atoms with E-state index in [2.05, 4.69) is 9.97 Å². The highest BCUT2D eigenvalue weighted by atomic mass is 16.5. The molecule has 1 aromatic heterocycles. The van der Waals surface area contributed by atoms with Crippen LogP contribution in [0.5, 0.6) is 11.5 Å². The van der Waals surface area contributed by atoms with Crippen molar-refractivity contribution < 1.29 is 9.47 Å². The van der Waals surface area contributed by atoms with Crippen LogP contribution >= 0.6 is 0 Å². The molecule has 2 aromatic rings. The summed E-state index contributed by atoms with van der Waals surface area (Å²) >= 11 is 0. The molecule has 0 amide bonds. The Hall–Kier alpha value is -2.34. The van der Waals surface area contributed by atoms with Crippen LogP contribution in [-0.4, -0.2) is 23.2 Å². The van der Waals surface area contributed by atoms with Gasteiger partial charge >= 0.3 is 0 Å². The fraction of sp³-hybridized carbons (Fsp3) is 0.375. The minimum absolute atomic E-state index is 0.0408.